The smallest absolute Gasteiger partial charge is 0.239 e. The number of aromatic nitrogens is 1. The van der Waals surface area contributed by atoms with Gasteiger partial charge in [-0.05, 0) is 12.5 Å². The summed E-state index contributed by atoms with van der Waals surface area (Å²) < 4.78 is 10.3. The first-order valence-corrected chi connectivity index (χ1v) is 6.79. The number of hydrogen-bond acceptors (Lipinski definition) is 5. The van der Waals surface area contributed by atoms with Crippen LogP contribution in [0.4, 0.5) is 0 Å². The van der Waals surface area contributed by atoms with Gasteiger partial charge < -0.3 is 19.7 Å². The molecule has 2 rings (SSSR count). The Hall–Kier alpha value is -1.66. The Labute approximate surface area is 119 Å². The molecular formula is C14H21N3O3. The molecule has 20 heavy (non-hydrogen) atoms. The maximum Gasteiger partial charge on any atom is 0.239 e. The molecule has 0 spiro atoms. The molecule has 1 saturated heterocycles. The van der Waals surface area contributed by atoms with E-state index in [-0.39, 0.29) is 11.9 Å². The number of morpholine rings is 1. The van der Waals surface area contributed by atoms with E-state index in [4.69, 9.17) is 9.47 Å². The minimum atomic E-state index is -0.213. The highest BCUT2D eigenvalue weighted by atomic mass is 16.5. The summed E-state index contributed by atoms with van der Waals surface area (Å²) in [6, 6.07) is 3.53. The van der Waals surface area contributed by atoms with Gasteiger partial charge >= 0.3 is 0 Å². The predicted molar refractivity (Wildman–Crippen MR) is 74.5 cm³/mol. The molecule has 0 aromatic carbocycles. The third kappa shape index (κ3) is 3.91. The number of pyridine rings is 1. The maximum absolute atomic E-state index is 12.2. The number of carbonyl (C=O) groups is 1. The Bertz CT molecular complexity index is 430. The van der Waals surface area contributed by atoms with E-state index in [0.717, 1.165) is 5.56 Å². The number of carbonyl (C=O) groups excluding carboxylic acids is 1. The normalized spacial score (nSPS) is 16.8. The van der Waals surface area contributed by atoms with Gasteiger partial charge in [0.25, 0.3) is 0 Å². The lowest BCUT2D eigenvalue weighted by atomic mass is 10.2. The Kier molecular flexibility index (Phi) is 5.31. The number of methoxy groups -OCH3 is 1. The zero-order chi connectivity index (χ0) is 14.4. The molecule has 1 N–H and O–H groups in total. The van der Waals surface area contributed by atoms with Gasteiger partial charge in [0.05, 0.1) is 26.4 Å². The molecule has 0 radical (unpaired) electrons. The van der Waals surface area contributed by atoms with Crippen LogP contribution in [0, 0.1) is 0 Å². The minimum Gasteiger partial charge on any atom is -0.481 e. The van der Waals surface area contributed by atoms with Crippen LogP contribution in [0.15, 0.2) is 18.3 Å². The summed E-state index contributed by atoms with van der Waals surface area (Å²) >= 11 is 0. The summed E-state index contributed by atoms with van der Waals surface area (Å²) in [5.41, 5.74) is 1.02. The summed E-state index contributed by atoms with van der Waals surface area (Å²) in [4.78, 5) is 18.2. The van der Waals surface area contributed by atoms with Crippen molar-refractivity contribution >= 4 is 5.91 Å². The highest BCUT2D eigenvalue weighted by molar-refractivity contribution is 5.81. The number of ether oxygens (including phenoxy) is 2. The number of rotatable bonds is 5. The molecule has 0 aliphatic carbocycles. The molecule has 1 aliphatic rings. The van der Waals surface area contributed by atoms with E-state index in [1.165, 1.54) is 0 Å². The second-order valence-electron chi connectivity index (χ2n) is 4.75. The van der Waals surface area contributed by atoms with E-state index in [1.54, 1.807) is 13.3 Å². The number of amides is 1. The molecule has 1 aliphatic heterocycles. The Morgan fingerprint density at radius 3 is 2.85 bits per heavy atom. The molecule has 2 heterocycles. The van der Waals surface area contributed by atoms with E-state index >= 15 is 0 Å². The topological polar surface area (TPSA) is 63.7 Å². The molecule has 0 bridgehead atoms. The van der Waals surface area contributed by atoms with Crippen LogP contribution in [0.25, 0.3) is 0 Å². The summed E-state index contributed by atoms with van der Waals surface area (Å²) in [6.45, 7) is 5.09. The monoisotopic (exact) mass is 279 g/mol. The third-order valence-electron chi connectivity index (χ3n) is 3.31. The molecule has 6 heteroatoms. The van der Waals surface area contributed by atoms with Crippen molar-refractivity contribution in [2.24, 2.45) is 0 Å². The van der Waals surface area contributed by atoms with Crippen LogP contribution in [0.1, 0.15) is 12.5 Å². The fourth-order valence-electron chi connectivity index (χ4n) is 2.05. The van der Waals surface area contributed by atoms with Crippen molar-refractivity contribution in [3.05, 3.63) is 23.9 Å². The average Bonchev–Trinajstić information content (AvgIpc) is 2.53. The van der Waals surface area contributed by atoms with Gasteiger partial charge in [0.15, 0.2) is 0 Å². The molecule has 6 nitrogen and oxygen atoms in total. The summed E-state index contributed by atoms with van der Waals surface area (Å²) in [5.74, 6) is 0.709. The van der Waals surface area contributed by atoms with Crippen molar-refractivity contribution in [2.45, 2.75) is 19.5 Å². The van der Waals surface area contributed by atoms with Crippen LogP contribution in [0.3, 0.4) is 0 Å². The van der Waals surface area contributed by atoms with E-state index < -0.39 is 0 Å². The minimum absolute atomic E-state index is 0.120. The largest absolute Gasteiger partial charge is 0.481 e. The van der Waals surface area contributed by atoms with Gasteiger partial charge in [-0.15, -0.1) is 0 Å². The first-order valence-electron chi connectivity index (χ1n) is 6.79. The van der Waals surface area contributed by atoms with Gasteiger partial charge in [-0.1, -0.05) is 6.07 Å². The molecule has 1 aromatic heterocycles. The van der Waals surface area contributed by atoms with Gasteiger partial charge in [-0.25, -0.2) is 4.98 Å². The Morgan fingerprint density at radius 2 is 2.25 bits per heavy atom. The van der Waals surface area contributed by atoms with E-state index in [2.05, 4.69) is 10.3 Å². The summed E-state index contributed by atoms with van der Waals surface area (Å²) in [5, 5.41) is 3.22. The molecule has 0 saturated carbocycles. The van der Waals surface area contributed by atoms with Crippen LogP contribution in [0.2, 0.25) is 0 Å². The van der Waals surface area contributed by atoms with Gasteiger partial charge in [0.2, 0.25) is 11.8 Å². The standard InChI is InChI=1S/C14H21N3O3/c1-11(14(18)17-5-7-20-8-6-17)15-9-12-3-4-13(19-2)16-10-12/h3-4,10-11,15H,5-9H2,1-2H3. The molecule has 1 aromatic rings. The summed E-state index contributed by atoms with van der Waals surface area (Å²) in [7, 11) is 1.59. The van der Waals surface area contributed by atoms with Crippen molar-refractivity contribution in [1.82, 2.24) is 15.2 Å². The Balaban J connectivity index is 1.81. The second kappa shape index (κ2) is 7.21. The molecule has 1 unspecified atom stereocenters. The zero-order valence-corrected chi connectivity index (χ0v) is 12.0. The lowest BCUT2D eigenvalue weighted by molar-refractivity contribution is -0.137. The molecular weight excluding hydrogens is 258 g/mol. The van der Waals surface area contributed by atoms with Crippen molar-refractivity contribution in [3.8, 4) is 5.88 Å². The van der Waals surface area contributed by atoms with Crippen molar-refractivity contribution < 1.29 is 14.3 Å². The summed E-state index contributed by atoms with van der Waals surface area (Å²) in [6.07, 6.45) is 1.75. The van der Waals surface area contributed by atoms with Crippen molar-refractivity contribution in [2.75, 3.05) is 33.4 Å². The van der Waals surface area contributed by atoms with Gasteiger partial charge in [0.1, 0.15) is 0 Å². The molecule has 1 fully saturated rings. The Morgan fingerprint density at radius 1 is 1.50 bits per heavy atom. The number of nitrogens with zero attached hydrogens (tertiary/aromatic N) is 2. The number of nitrogens with one attached hydrogen (secondary N) is 1. The predicted octanol–water partition coefficient (Wildman–Crippen LogP) is 0.427. The fraction of sp³-hybridized carbons (Fsp3) is 0.571. The highest BCUT2D eigenvalue weighted by Crippen LogP contribution is 2.07. The maximum atomic E-state index is 12.2. The van der Waals surface area contributed by atoms with Crippen LogP contribution < -0.4 is 10.1 Å². The zero-order valence-electron chi connectivity index (χ0n) is 12.0. The quantitative estimate of drug-likeness (QED) is 0.846. The second-order valence-corrected chi connectivity index (χ2v) is 4.75. The van der Waals surface area contributed by atoms with Crippen molar-refractivity contribution in [1.29, 1.82) is 0 Å². The third-order valence-corrected chi connectivity index (χ3v) is 3.31. The first-order chi connectivity index (χ1) is 9.70. The molecule has 1 amide bonds. The van der Waals surface area contributed by atoms with Gasteiger partial charge in [0, 0.05) is 31.9 Å². The number of hydrogen-bond donors (Lipinski definition) is 1. The molecule has 110 valence electrons. The van der Waals surface area contributed by atoms with Crippen LogP contribution >= 0.6 is 0 Å². The van der Waals surface area contributed by atoms with Crippen LogP contribution in [-0.4, -0.2) is 55.2 Å². The van der Waals surface area contributed by atoms with Crippen LogP contribution in [-0.2, 0) is 16.1 Å². The van der Waals surface area contributed by atoms with E-state index in [9.17, 15) is 4.79 Å². The highest BCUT2D eigenvalue weighted by Gasteiger charge is 2.21. The first kappa shape index (κ1) is 14.7. The average molecular weight is 279 g/mol. The lowest BCUT2D eigenvalue weighted by Gasteiger charge is -2.29. The van der Waals surface area contributed by atoms with Crippen molar-refractivity contribution in [3.63, 3.8) is 0 Å². The van der Waals surface area contributed by atoms with E-state index in [1.807, 2.05) is 24.0 Å². The SMILES string of the molecule is COc1ccc(CNC(C)C(=O)N2CCOCC2)cn1. The molecule has 1 atom stereocenters. The van der Waals surface area contributed by atoms with E-state index in [0.29, 0.717) is 38.7 Å². The van der Waals surface area contributed by atoms with Gasteiger partial charge in [-0.2, -0.15) is 0 Å². The lowest BCUT2D eigenvalue weighted by Crippen LogP contribution is -2.49. The fourth-order valence-corrected chi connectivity index (χ4v) is 2.05. The van der Waals surface area contributed by atoms with Gasteiger partial charge in [-0.3, -0.25) is 4.79 Å². The van der Waals surface area contributed by atoms with Crippen LogP contribution in [0.5, 0.6) is 5.88 Å².